The number of Topliss-reactive ketones (excluding diaryl/α,β-unsaturated/α-hetero) is 1. The molecule has 1 heterocycles. The third-order valence-electron chi connectivity index (χ3n) is 2.49. The zero-order chi connectivity index (χ0) is 12.3. The second-order valence-electron chi connectivity index (χ2n) is 3.88. The van der Waals surface area contributed by atoms with Gasteiger partial charge in [0, 0.05) is 19.7 Å². The maximum atomic E-state index is 11.9. The zero-order valence-electron chi connectivity index (χ0n) is 9.88. The van der Waals surface area contributed by atoms with Gasteiger partial charge in [-0.2, -0.15) is 0 Å². The molecule has 0 unspecified atom stereocenters. The molecular formula is C13H14N2O2. The van der Waals surface area contributed by atoms with Gasteiger partial charge in [-0.1, -0.05) is 12.1 Å². The van der Waals surface area contributed by atoms with Gasteiger partial charge in [0.15, 0.2) is 5.78 Å². The van der Waals surface area contributed by atoms with E-state index in [0.717, 1.165) is 11.3 Å². The first-order valence-electron chi connectivity index (χ1n) is 5.33. The largest absolute Gasteiger partial charge is 0.497 e. The van der Waals surface area contributed by atoms with Crippen molar-refractivity contribution in [3.05, 3.63) is 48.0 Å². The van der Waals surface area contributed by atoms with Crippen molar-refractivity contribution in [3.63, 3.8) is 0 Å². The molecule has 0 aliphatic rings. The molecule has 1 aromatic carbocycles. The summed E-state index contributed by atoms with van der Waals surface area (Å²) in [6.45, 7) is 0. The average Bonchev–Trinajstić information content (AvgIpc) is 2.76. The normalized spacial score (nSPS) is 10.2. The van der Waals surface area contributed by atoms with Crippen molar-refractivity contribution in [1.82, 2.24) is 9.55 Å². The molecule has 0 amide bonds. The fourth-order valence-electron chi connectivity index (χ4n) is 1.62. The molecule has 4 heteroatoms. The fourth-order valence-corrected chi connectivity index (χ4v) is 1.62. The van der Waals surface area contributed by atoms with E-state index in [-0.39, 0.29) is 5.78 Å². The highest BCUT2D eigenvalue weighted by atomic mass is 16.5. The Labute approximate surface area is 99.9 Å². The van der Waals surface area contributed by atoms with E-state index in [0.29, 0.717) is 12.1 Å². The second kappa shape index (κ2) is 4.82. The molecule has 4 nitrogen and oxygen atoms in total. The molecule has 0 saturated heterocycles. The standard InChI is InChI=1S/C13H14N2O2/c1-15-8-12(14-9-15)13(16)7-10-4-3-5-11(6-10)17-2/h3-6,8-9H,7H2,1-2H3. The van der Waals surface area contributed by atoms with Crippen LogP contribution in [0.1, 0.15) is 16.1 Å². The predicted octanol–water partition coefficient (Wildman–Crippen LogP) is 1.85. The number of benzene rings is 1. The van der Waals surface area contributed by atoms with Crippen molar-refractivity contribution in [1.29, 1.82) is 0 Å². The van der Waals surface area contributed by atoms with E-state index < -0.39 is 0 Å². The molecular weight excluding hydrogens is 216 g/mol. The quantitative estimate of drug-likeness (QED) is 0.753. The summed E-state index contributed by atoms with van der Waals surface area (Å²) in [5.74, 6) is 0.773. The third-order valence-corrected chi connectivity index (χ3v) is 2.49. The number of ether oxygens (including phenoxy) is 1. The van der Waals surface area contributed by atoms with Gasteiger partial charge >= 0.3 is 0 Å². The average molecular weight is 230 g/mol. The molecule has 0 spiro atoms. The van der Waals surface area contributed by atoms with E-state index in [1.54, 1.807) is 24.2 Å². The first-order valence-corrected chi connectivity index (χ1v) is 5.33. The van der Waals surface area contributed by atoms with Crippen LogP contribution < -0.4 is 4.74 Å². The number of ketones is 1. The Bertz CT molecular complexity index is 532. The predicted molar refractivity (Wildman–Crippen MR) is 64.2 cm³/mol. The Morgan fingerprint density at radius 2 is 2.29 bits per heavy atom. The summed E-state index contributed by atoms with van der Waals surface area (Å²) in [5.41, 5.74) is 1.43. The highest BCUT2D eigenvalue weighted by Gasteiger charge is 2.10. The SMILES string of the molecule is COc1cccc(CC(=O)c2cn(C)cn2)c1. The topological polar surface area (TPSA) is 44.1 Å². The van der Waals surface area contributed by atoms with E-state index >= 15 is 0 Å². The van der Waals surface area contributed by atoms with Crippen LogP contribution in [0.2, 0.25) is 0 Å². The summed E-state index contributed by atoms with van der Waals surface area (Å²) in [6, 6.07) is 7.50. The van der Waals surface area contributed by atoms with Crippen LogP contribution in [0.5, 0.6) is 5.75 Å². The van der Waals surface area contributed by atoms with Crippen molar-refractivity contribution in [3.8, 4) is 5.75 Å². The van der Waals surface area contributed by atoms with E-state index in [1.165, 1.54) is 0 Å². The second-order valence-corrected chi connectivity index (χ2v) is 3.88. The Hall–Kier alpha value is -2.10. The number of hydrogen-bond donors (Lipinski definition) is 0. The molecule has 0 saturated carbocycles. The van der Waals surface area contributed by atoms with Crippen molar-refractivity contribution in [2.75, 3.05) is 7.11 Å². The summed E-state index contributed by atoms with van der Waals surface area (Å²) < 4.78 is 6.88. The van der Waals surface area contributed by atoms with E-state index in [4.69, 9.17) is 4.74 Å². The molecule has 17 heavy (non-hydrogen) atoms. The highest BCUT2D eigenvalue weighted by Crippen LogP contribution is 2.14. The van der Waals surface area contributed by atoms with Crippen molar-refractivity contribution in [2.45, 2.75) is 6.42 Å². The minimum absolute atomic E-state index is 0.0128. The molecule has 1 aromatic heterocycles. The number of carbonyl (C=O) groups is 1. The minimum atomic E-state index is 0.0128. The Balaban J connectivity index is 2.12. The van der Waals surface area contributed by atoms with Crippen LogP contribution in [-0.2, 0) is 13.5 Å². The summed E-state index contributed by atoms with van der Waals surface area (Å²) in [4.78, 5) is 15.9. The van der Waals surface area contributed by atoms with Gasteiger partial charge in [0.2, 0.25) is 0 Å². The summed E-state index contributed by atoms with van der Waals surface area (Å²) in [5, 5.41) is 0. The lowest BCUT2D eigenvalue weighted by atomic mass is 10.1. The van der Waals surface area contributed by atoms with Crippen LogP contribution >= 0.6 is 0 Å². The summed E-state index contributed by atoms with van der Waals surface area (Å²) in [6.07, 6.45) is 3.69. The van der Waals surface area contributed by atoms with E-state index in [9.17, 15) is 4.79 Å². The van der Waals surface area contributed by atoms with Crippen molar-refractivity contribution < 1.29 is 9.53 Å². The molecule has 2 rings (SSSR count). The molecule has 0 atom stereocenters. The maximum Gasteiger partial charge on any atom is 0.187 e. The Kier molecular flexibility index (Phi) is 3.23. The van der Waals surface area contributed by atoms with Gasteiger partial charge in [-0.15, -0.1) is 0 Å². The van der Waals surface area contributed by atoms with Gasteiger partial charge in [0.25, 0.3) is 0 Å². The fraction of sp³-hybridized carbons (Fsp3) is 0.231. The Morgan fingerprint density at radius 1 is 1.47 bits per heavy atom. The molecule has 0 fully saturated rings. The van der Waals surface area contributed by atoms with Crippen molar-refractivity contribution >= 4 is 5.78 Å². The van der Waals surface area contributed by atoms with Crippen LogP contribution in [-0.4, -0.2) is 22.4 Å². The number of imidazole rings is 1. The van der Waals surface area contributed by atoms with E-state index in [2.05, 4.69) is 4.98 Å². The van der Waals surface area contributed by atoms with Crippen LogP contribution in [0, 0.1) is 0 Å². The smallest absolute Gasteiger partial charge is 0.187 e. The van der Waals surface area contributed by atoms with Crippen LogP contribution in [0.4, 0.5) is 0 Å². The van der Waals surface area contributed by atoms with Gasteiger partial charge in [0.1, 0.15) is 11.4 Å². The first kappa shape index (κ1) is 11.4. The lowest BCUT2D eigenvalue weighted by Gasteiger charge is -2.02. The molecule has 0 aliphatic carbocycles. The van der Waals surface area contributed by atoms with Gasteiger partial charge in [-0.25, -0.2) is 4.98 Å². The highest BCUT2D eigenvalue weighted by molar-refractivity contribution is 5.95. The van der Waals surface area contributed by atoms with Gasteiger partial charge in [-0.3, -0.25) is 4.79 Å². The number of rotatable bonds is 4. The molecule has 0 radical (unpaired) electrons. The van der Waals surface area contributed by atoms with Crippen LogP contribution in [0.25, 0.3) is 0 Å². The van der Waals surface area contributed by atoms with Gasteiger partial charge in [-0.05, 0) is 17.7 Å². The number of nitrogens with zero attached hydrogens (tertiary/aromatic N) is 2. The number of carbonyl (C=O) groups excluding carboxylic acids is 1. The molecule has 0 bridgehead atoms. The van der Waals surface area contributed by atoms with Gasteiger partial charge < -0.3 is 9.30 Å². The van der Waals surface area contributed by atoms with Crippen LogP contribution in [0.15, 0.2) is 36.8 Å². The minimum Gasteiger partial charge on any atom is -0.497 e. The van der Waals surface area contributed by atoms with E-state index in [1.807, 2.05) is 31.3 Å². The summed E-state index contributed by atoms with van der Waals surface area (Å²) >= 11 is 0. The number of methoxy groups -OCH3 is 1. The lowest BCUT2D eigenvalue weighted by Crippen LogP contribution is -2.04. The van der Waals surface area contributed by atoms with Crippen LogP contribution in [0.3, 0.4) is 0 Å². The van der Waals surface area contributed by atoms with Crippen molar-refractivity contribution in [2.24, 2.45) is 7.05 Å². The number of hydrogen-bond acceptors (Lipinski definition) is 3. The number of aryl methyl sites for hydroxylation is 1. The number of aromatic nitrogens is 2. The molecule has 2 aromatic rings. The maximum absolute atomic E-state index is 11.9. The lowest BCUT2D eigenvalue weighted by molar-refractivity contribution is 0.0988. The molecule has 88 valence electrons. The molecule has 0 N–H and O–H groups in total. The first-order chi connectivity index (χ1) is 8.19. The Morgan fingerprint density at radius 3 is 2.94 bits per heavy atom. The molecule has 0 aliphatic heterocycles. The monoisotopic (exact) mass is 230 g/mol. The third kappa shape index (κ3) is 2.72. The zero-order valence-corrected chi connectivity index (χ0v) is 9.88. The summed E-state index contributed by atoms with van der Waals surface area (Å²) in [7, 11) is 3.45. The van der Waals surface area contributed by atoms with Gasteiger partial charge in [0.05, 0.1) is 13.4 Å².